The minimum absolute atomic E-state index is 0.0223. The Morgan fingerprint density at radius 3 is 2.00 bits per heavy atom. The quantitative estimate of drug-likeness (QED) is 0.182. The SMILES string of the molecule is O=S(=O)(O)C(c1ccccc1Cl)(c1cccc(O)c1O)c1cc(Cl)cc(Cl)c1Cl. The molecule has 3 N–H and O–H groups in total. The summed E-state index contributed by atoms with van der Waals surface area (Å²) in [7, 11) is -5.16. The third-order valence-electron chi connectivity index (χ3n) is 4.41. The second kappa shape index (κ2) is 7.87. The molecule has 0 amide bonds. The van der Waals surface area contributed by atoms with Gasteiger partial charge in [-0.3, -0.25) is 4.55 Å². The van der Waals surface area contributed by atoms with E-state index < -0.39 is 31.9 Å². The number of aromatic hydroxyl groups is 2. The van der Waals surface area contributed by atoms with Crippen molar-refractivity contribution in [3.63, 3.8) is 0 Å². The number of rotatable bonds is 4. The number of phenolic OH excluding ortho intramolecular Hbond substituents is 2. The van der Waals surface area contributed by atoms with Gasteiger partial charge in [0.25, 0.3) is 10.1 Å². The smallest absolute Gasteiger partial charge is 0.283 e. The molecule has 0 spiro atoms. The molecule has 0 aliphatic heterocycles. The van der Waals surface area contributed by atoms with Gasteiger partial charge in [0.1, 0.15) is 0 Å². The molecule has 5 nitrogen and oxygen atoms in total. The number of phenols is 2. The van der Waals surface area contributed by atoms with Crippen LogP contribution in [0.1, 0.15) is 16.7 Å². The van der Waals surface area contributed by atoms with Gasteiger partial charge in [-0.05, 0) is 24.3 Å². The van der Waals surface area contributed by atoms with Gasteiger partial charge in [0.2, 0.25) is 0 Å². The van der Waals surface area contributed by atoms with Crippen LogP contribution in [-0.4, -0.2) is 23.2 Å². The summed E-state index contributed by atoms with van der Waals surface area (Å²) in [6, 6.07) is 11.9. The highest BCUT2D eigenvalue weighted by molar-refractivity contribution is 7.87. The minimum Gasteiger partial charge on any atom is -0.504 e. The number of halogens is 4. The van der Waals surface area contributed by atoms with Gasteiger partial charge < -0.3 is 10.2 Å². The average Bonchev–Trinajstić information content (AvgIpc) is 2.63. The Bertz CT molecular complexity index is 1210. The summed E-state index contributed by atoms with van der Waals surface area (Å²) < 4.78 is 34.0. The fourth-order valence-corrected chi connectivity index (χ4v) is 5.70. The maximum Gasteiger partial charge on any atom is 0.283 e. The van der Waals surface area contributed by atoms with Crippen molar-refractivity contribution in [2.75, 3.05) is 0 Å². The first-order valence-electron chi connectivity index (χ1n) is 7.90. The second-order valence-corrected chi connectivity index (χ2v) is 9.25. The van der Waals surface area contributed by atoms with Crippen LogP contribution in [0, 0.1) is 0 Å². The van der Waals surface area contributed by atoms with Gasteiger partial charge in [0.15, 0.2) is 16.2 Å². The molecule has 0 saturated heterocycles. The van der Waals surface area contributed by atoms with Crippen LogP contribution in [0.5, 0.6) is 11.5 Å². The van der Waals surface area contributed by atoms with Crippen LogP contribution in [0.15, 0.2) is 54.6 Å². The van der Waals surface area contributed by atoms with E-state index in [-0.39, 0.29) is 31.2 Å². The van der Waals surface area contributed by atoms with Gasteiger partial charge in [0, 0.05) is 26.7 Å². The molecule has 0 saturated carbocycles. The van der Waals surface area contributed by atoms with Gasteiger partial charge >= 0.3 is 0 Å². The van der Waals surface area contributed by atoms with E-state index in [1.807, 2.05) is 0 Å². The monoisotopic (exact) mass is 492 g/mol. The molecule has 10 heteroatoms. The molecule has 0 radical (unpaired) electrons. The highest BCUT2D eigenvalue weighted by Gasteiger charge is 2.53. The largest absolute Gasteiger partial charge is 0.504 e. The van der Waals surface area contributed by atoms with Gasteiger partial charge in [0.05, 0.1) is 10.0 Å². The van der Waals surface area contributed by atoms with E-state index in [1.54, 1.807) is 6.07 Å². The molecule has 1 atom stereocenters. The predicted molar refractivity (Wildman–Crippen MR) is 114 cm³/mol. The Kier molecular flexibility index (Phi) is 5.98. The van der Waals surface area contributed by atoms with Crippen LogP contribution in [0.2, 0.25) is 20.1 Å². The highest BCUT2D eigenvalue weighted by Crippen LogP contribution is 2.53. The molecule has 0 aliphatic carbocycles. The maximum atomic E-state index is 13.0. The first-order valence-corrected chi connectivity index (χ1v) is 10.9. The molecule has 0 heterocycles. The molecule has 152 valence electrons. The molecule has 1 unspecified atom stereocenters. The zero-order valence-corrected chi connectivity index (χ0v) is 18.1. The molecular formula is C19H12Cl4O5S. The van der Waals surface area contributed by atoms with Crippen molar-refractivity contribution in [1.82, 2.24) is 0 Å². The molecule has 3 aromatic rings. The summed E-state index contributed by atoms with van der Waals surface area (Å²) in [4.78, 5) is 0. The fourth-order valence-electron chi connectivity index (χ4n) is 3.23. The lowest BCUT2D eigenvalue weighted by Crippen LogP contribution is -2.39. The average molecular weight is 494 g/mol. The zero-order chi connectivity index (χ0) is 21.6. The first kappa shape index (κ1) is 22.0. The van der Waals surface area contributed by atoms with Gasteiger partial charge in [-0.1, -0.05) is 76.7 Å². The van der Waals surface area contributed by atoms with Gasteiger partial charge in [-0.25, -0.2) is 0 Å². The van der Waals surface area contributed by atoms with Crippen molar-refractivity contribution in [3.8, 4) is 11.5 Å². The Balaban J connectivity index is 2.68. The van der Waals surface area contributed by atoms with Crippen LogP contribution in [-0.2, 0) is 14.9 Å². The summed E-state index contributed by atoms with van der Waals surface area (Å²) in [5.74, 6) is -1.41. The Morgan fingerprint density at radius 2 is 1.38 bits per heavy atom. The number of benzene rings is 3. The van der Waals surface area contributed by atoms with Crippen molar-refractivity contribution < 1.29 is 23.2 Å². The van der Waals surface area contributed by atoms with E-state index in [1.165, 1.54) is 42.5 Å². The van der Waals surface area contributed by atoms with Crippen molar-refractivity contribution in [3.05, 3.63) is 91.4 Å². The molecule has 3 aromatic carbocycles. The van der Waals surface area contributed by atoms with E-state index >= 15 is 0 Å². The molecule has 3 rings (SSSR count). The van der Waals surface area contributed by atoms with E-state index in [0.717, 1.165) is 6.07 Å². The molecule has 29 heavy (non-hydrogen) atoms. The van der Waals surface area contributed by atoms with Crippen molar-refractivity contribution in [2.24, 2.45) is 0 Å². The normalized spacial score (nSPS) is 13.8. The van der Waals surface area contributed by atoms with Gasteiger partial charge in [-0.2, -0.15) is 8.42 Å². The molecule has 0 aliphatic rings. The summed E-state index contributed by atoms with van der Waals surface area (Å²) in [6.45, 7) is 0. The van der Waals surface area contributed by atoms with Crippen molar-refractivity contribution >= 4 is 56.5 Å². The first-order chi connectivity index (χ1) is 13.5. The second-order valence-electron chi connectivity index (χ2n) is 6.06. The van der Waals surface area contributed by atoms with Gasteiger partial charge in [-0.15, -0.1) is 0 Å². The fraction of sp³-hybridized carbons (Fsp3) is 0.0526. The lowest BCUT2D eigenvalue weighted by molar-refractivity contribution is 0.393. The Labute approximate surface area is 186 Å². The third kappa shape index (κ3) is 3.54. The van der Waals surface area contributed by atoms with Crippen molar-refractivity contribution in [2.45, 2.75) is 4.75 Å². The molecular weight excluding hydrogens is 482 g/mol. The number of hydrogen-bond acceptors (Lipinski definition) is 4. The van der Waals surface area contributed by atoms with Crippen LogP contribution in [0.25, 0.3) is 0 Å². The van der Waals surface area contributed by atoms with E-state index in [0.29, 0.717) is 0 Å². The van der Waals surface area contributed by atoms with E-state index in [4.69, 9.17) is 46.4 Å². The number of para-hydroxylation sites is 1. The molecule has 0 fully saturated rings. The minimum atomic E-state index is -5.16. The summed E-state index contributed by atoms with van der Waals surface area (Å²) in [6.07, 6.45) is 0. The van der Waals surface area contributed by atoms with Crippen molar-refractivity contribution in [1.29, 1.82) is 0 Å². The summed E-state index contributed by atoms with van der Waals surface area (Å²) in [5.41, 5.74) is -0.785. The van der Waals surface area contributed by atoms with E-state index in [2.05, 4.69) is 0 Å². The summed E-state index contributed by atoms with van der Waals surface area (Å²) >= 11 is 24.9. The topological polar surface area (TPSA) is 94.8 Å². The maximum absolute atomic E-state index is 13.0. The molecule has 0 bridgehead atoms. The summed E-state index contributed by atoms with van der Waals surface area (Å²) in [5, 5.41) is 20.2. The Hall–Kier alpha value is -1.67. The van der Waals surface area contributed by atoms with Crippen LogP contribution < -0.4 is 0 Å². The van der Waals surface area contributed by atoms with Crippen LogP contribution in [0.3, 0.4) is 0 Å². The lowest BCUT2D eigenvalue weighted by Gasteiger charge is -2.34. The number of hydrogen-bond donors (Lipinski definition) is 3. The highest BCUT2D eigenvalue weighted by atomic mass is 35.5. The van der Waals surface area contributed by atoms with E-state index in [9.17, 15) is 23.2 Å². The lowest BCUT2D eigenvalue weighted by atomic mass is 9.83. The Morgan fingerprint density at radius 1 is 0.759 bits per heavy atom. The predicted octanol–water partition coefficient (Wildman–Crippen LogP) is 5.89. The van der Waals surface area contributed by atoms with Crippen LogP contribution in [0.4, 0.5) is 0 Å². The molecule has 0 aromatic heterocycles. The van der Waals surface area contributed by atoms with Crippen LogP contribution >= 0.6 is 46.4 Å². The zero-order valence-electron chi connectivity index (χ0n) is 14.3. The third-order valence-corrected chi connectivity index (χ3v) is 7.19. The standard InChI is InChI=1S/C19H12Cl4O5S/c20-10-8-13(17(23)15(22)9-10)19(29(26,27)28,11-4-1-2-6-14(11)21)12-5-3-7-16(24)18(12)25/h1-9,24-25H,(H,26,27,28).